The van der Waals surface area contributed by atoms with Gasteiger partial charge in [0.15, 0.2) is 0 Å². The van der Waals surface area contributed by atoms with E-state index in [2.05, 4.69) is 20.4 Å². The number of nitrogens with zero attached hydrogens (tertiary/aromatic N) is 2. The highest BCUT2D eigenvalue weighted by atomic mass is 19.1. The summed E-state index contributed by atoms with van der Waals surface area (Å²) in [6, 6.07) is 6.72. The first-order valence-corrected chi connectivity index (χ1v) is 9.43. The SMILES string of the molecule is O=C(NCCN1CCN(c2ccc(F)cc2)CC1)C(=O)NC1CCCC1. The summed E-state index contributed by atoms with van der Waals surface area (Å²) in [5.74, 6) is -1.28. The fourth-order valence-electron chi connectivity index (χ4n) is 3.61. The fourth-order valence-corrected chi connectivity index (χ4v) is 3.61. The highest BCUT2D eigenvalue weighted by Crippen LogP contribution is 2.17. The van der Waals surface area contributed by atoms with Crippen LogP contribution in [0.5, 0.6) is 0 Å². The Bertz CT molecular complexity index is 608. The minimum Gasteiger partial charge on any atom is -0.369 e. The van der Waals surface area contributed by atoms with Crippen LogP contribution >= 0.6 is 0 Å². The van der Waals surface area contributed by atoms with E-state index in [4.69, 9.17) is 0 Å². The largest absolute Gasteiger partial charge is 0.369 e. The molecule has 3 rings (SSSR count). The van der Waals surface area contributed by atoms with Crippen LogP contribution in [0.1, 0.15) is 25.7 Å². The molecule has 1 heterocycles. The number of hydrogen-bond donors (Lipinski definition) is 2. The van der Waals surface area contributed by atoms with Crippen molar-refractivity contribution in [3.8, 4) is 0 Å². The molecular formula is C19H27FN4O2. The van der Waals surface area contributed by atoms with Gasteiger partial charge in [-0.05, 0) is 37.1 Å². The molecule has 1 aromatic carbocycles. The molecule has 0 bridgehead atoms. The third-order valence-electron chi connectivity index (χ3n) is 5.17. The van der Waals surface area contributed by atoms with Gasteiger partial charge in [-0.15, -0.1) is 0 Å². The first kappa shape index (κ1) is 18.6. The standard InChI is InChI=1S/C19H27FN4O2/c20-15-5-7-17(8-6-15)24-13-11-23(12-14-24)10-9-21-18(25)19(26)22-16-3-1-2-4-16/h5-8,16H,1-4,9-14H2,(H,21,25)(H,22,26). The lowest BCUT2D eigenvalue weighted by atomic mass is 10.2. The zero-order chi connectivity index (χ0) is 18.4. The van der Waals surface area contributed by atoms with Crippen molar-refractivity contribution in [2.45, 2.75) is 31.7 Å². The van der Waals surface area contributed by atoms with E-state index in [1.807, 2.05) is 0 Å². The van der Waals surface area contributed by atoms with Crippen LogP contribution in [0.25, 0.3) is 0 Å². The second kappa shape index (κ2) is 8.98. The van der Waals surface area contributed by atoms with Gasteiger partial charge in [-0.3, -0.25) is 14.5 Å². The second-order valence-corrected chi connectivity index (χ2v) is 7.02. The number of nitrogens with one attached hydrogen (secondary N) is 2. The number of amides is 2. The summed E-state index contributed by atoms with van der Waals surface area (Å²) in [6.07, 6.45) is 4.18. The van der Waals surface area contributed by atoms with Gasteiger partial charge in [0.05, 0.1) is 0 Å². The molecule has 6 nitrogen and oxygen atoms in total. The first-order chi connectivity index (χ1) is 12.6. The second-order valence-electron chi connectivity index (χ2n) is 7.02. The van der Waals surface area contributed by atoms with Crippen LogP contribution in [0.4, 0.5) is 10.1 Å². The van der Waals surface area contributed by atoms with Crippen molar-refractivity contribution in [3.05, 3.63) is 30.1 Å². The first-order valence-electron chi connectivity index (χ1n) is 9.43. The van der Waals surface area contributed by atoms with Gasteiger partial charge in [0.1, 0.15) is 5.82 Å². The summed E-state index contributed by atoms with van der Waals surface area (Å²) in [5, 5.41) is 5.50. The molecule has 1 aliphatic carbocycles. The molecule has 2 fully saturated rings. The minimum absolute atomic E-state index is 0.160. The molecule has 0 atom stereocenters. The summed E-state index contributed by atoms with van der Waals surface area (Å²) in [5.41, 5.74) is 1.03. The van der Waals surface area contributed by atoms with Crippen LogP contribution in [0.15, 0.2) is 24.3 Å². The Morgan fingerprint density at radius 1 is 1.00 bits per heavy atom. The summed E-state index contributed by atoms with van der Waals surface area (Å²) in [7, 11) is 0. The molecule has 0 spiro atoms. The van der Waals surface area contributed by atoms with Crippen LogP contribution in [0.2, 0.25) is 0 Å². The lowest BCUT2D eigenvalue weighted by Gasteiger charge is -2.36. The van der Waals surface area contributed by atoms with Gasteiger partial charge in [-0.2, -0.15) is 0 Å². The van der Waals surface area contributed by atoms with Crippen LogP contribution in [-0.4, -0.2) is 62.0 Å². The van der Waals surface area contributed by atoms with Crippen molar-refractivity contribution in [2.75, 3.05) is 44.2 Å². The van der Waals surface area contributed by atoms with Crippen molar-refractivity contribution in [2.24, 2.45) is 0 Å². The van der Waals surface area contributed by atoms with E-state index in [0.29, 0.717) is 6.54 Å². The van der Waals surface area contributed by atoms with Gasteiger partial charge < -0.3 is 15.5 Å². The molecule has 0 unspecified atom stereocenters. The maximum absolute atomic E-state index is 13.0. The zero-order valence-electron chi connectivity index (χ0n) is 15.0. The van der Waals surface area contributed by atoms with Gasteiger partial charge in [0, 0.05) is 51.0 Å². The van der Waals surface area contributed by atoms with Crippen LogP contribution in [0, 0.1) is 5.82 Å². The Morgan fingerprint density at radius 2 is 1.65 bits per heavy atom. The smallest absolute Gasteiger partial charge is 0.309 e. The Morgan fingerprint density at radius 3 is 2.31 bits per heavy atom. The quantitative estimate of drug-likeness (QED) is 0.771. The average Bonchev–Trinajstić information content (AvgIpc) is 3.16. The molecule has 2 aliphatic rings. The lowest BCUT2D eigenvalue weighted by Crippen LogP contribution is -2.50. The van der Waals surface area contributed by atoms with Gasteiger partial charge in [0.2, 0.25) is 0 Å². The van der Waals surface area contributed by atoms with Crippen molar-refractivity contribution in [1.82, 2.24) is 15.5 Å². The molecule has 0 radical (unpaired) electrons. The zero-order valence-corrected chi connectivity index (χ0v) is 15.0. The van der Waals surface area contributed by atoms with E-state index in [-0.39, 0.29) is 11.9 Å². The molecule has 2 amide bonds. The Hall–Kier alpha value is -2.15. The number of carbonyl (C=O) groups is 2. The number of hydrogen-bond acceptors (Lipinski definition) is 4. The average molecular weight is 362 g/mol. The summed E-state index contributed by atoms with van der Waals surface area (Å²) >= 11 is 0. The summed E-state index contributed by atoms with van der Waals surface area (Å²) in [6.45, 7) is 4.67. The van der Waals surface area contributed by atoms with Crippen molar-refractivity contribution in [1.29, 1.82) is 0 Å². The van der Waals surface area contributed by atoms with E-state index in [0.717, 1.165) is 64.1 Å². The monoisotopic (exact) mass is 362 g/mol. The highest BCUT2D eigenvalue weighted by Gasteiger charge is 2.22. The molecule has 1 aliphatic heterocycles. The van der Waals surface area contributed by atoms with Crippen molar-refractivity contribution >= 4 is 17.5 Å². The topological polar surface area (TPSA) is 64.7 Å². The molecule has 7 heteroatoms. The predicted octanol–water partition coefficient (Wildman–Crippen LogP) is 1.12. The Kier molecular flexibility index (Phi) is 6.44. The Labute approximate surface area is 153 Å². The minimum atomic E-state index is -0.540. The van der Waals surface area contributed by atoms with Gasteiger partial charge in [-0.25, -0.2) is 4.39 Å². The van der Waals surface area contributed by atoms with E-state index in [1.54, 1.807) is 12.1 Å². The number of halogens is 1. The Balaban J connectivity index is 1.32. The van der Waals surface area contributed by atoms with Crippen molar-refractivity contribution < 1.29 is 14.0 Å². The molecule has 142 valence electrons. The van der Waals surface area contributed by atoms with Crippen LogP contribution < -0.4 is 15.5 Å². The third kappa shape index (κ3) is 5.17. The van der Waals surface area contributed by atoms with E-state index < -0.39 is 11.8 Å². The number of anilines is 1. The van der Waals surface area contributed by atoms with Gasteiger partial charge in [-0.1, -0.05) is 12.8 Å². The van der Waals surface area contributed by atoms with Gasteiger partial charge >= 0.3 is 11.8 Å². The van der Waals surface area contributed by atoms with E-state index >= 15 is 0 Å². The van der Waals surface area contributed by atoms with E-state index in [1.165, 1.54) is 12.1 Å². The van der Waals surface area contributed by atoms with Crippen LogP contribution in [0.3, 0.4) is 0 Å². The molecule has 26 heavy (non-hydrogen) atoms. The van der Waals surface area contributed by atoms with Gasteiger partial charge in [0.25, 0.3) is 0 Å². The normalized spacial score (nSPS) is 18.7. The molecular weight excluding hydrogens is 335 g/mol. The van der Waals surface area contributed by atoms with Crippen molar-refractivity contribution in [3.63, 3.8) is 0 Å². The van der Waals surface area contributed by atoms with E-state index in [9.17, 15) is 14.0 Å². The summed E-state index contributed by atoms with van der Waals surface area (Å²) in [4.78, 5) is 28.2. The number of carbonyl (C=O) groups excluding carboxylic acids is 2. The fraction of sp³-hybridized carbons (Fsp3) is 0.579. The molecule has 0 aromatic heterocycles. The molecule has 1 aromatic rings. The molecule has 2 N–H and O–H groups in total. The number of piperazine rings is 1. The third-order valence-corrected chi connectivity index (χ3v) is 5.17. The molecule has 1 saturated heterocycles. The maximum atomic E-state index is 13.0. The summed E-state index contributed by atoms with van der Waals surface area (Å²) < 4.78 is 13.0. The lowest BCUT2D eigenvalue weighted by molar-refractivity contribution is -0.139. The maximum Gasteiger partial charge on any atom is 0.309 e. The molecule has 1 saturated carbocycles. The number of rotatable bonds is 5. The number of benzene rings is 1. The predicted molar refractivity (Wildman–Crippen MR) is 98.5 cm³/mol. The van der Waals surface area contributed by atoms with Crippen LogP contribution in [-0.2, 0) is 9.59 Å². The highest BCUT2D eigenvalue weighted by molar-refractivity contribution is 6.35.